The first-order valence-electron chi connectivity index (χ1n) is 7.29. The average Bonchev–Trinajstić information content (AvgIpc) is 2.99. The zero-order chi connectivity index (χ0) is 14.2. The van der Waals surface area contributed by atoms with Crippen LogP contribution in [0, 0.1) is 5.41 Å². The number of likely N-dealkylation sites (tertiary alicyclic amines) is 1. The van der Waals surface area contributed by atoms with E-state index in [1.807, 2.05) is 11.3 Å². The van der Waals surface area contributed by atoms with Crippen molar-refractivity contribution in [2.24, 2.45) is 5.41 Å². The first-order valence-corrected chi connectivity index (χ1v) is 8.17. The van der Waals surface area contributed by atoms with Crippen LogP contribution in [0.2, 0.25) is 0 Å². The van der Waals surface area contributed by atoms with Crippen LogP contribution in [-0.4, -0.2) is 49.1 Å². The summed E-state index contributed by atoms with van der Waals surface area (Å²) in [6.45, 7) is 3.49. The van der Waals surface area contributed by atoms with E-state index in [2.05, 4.69) is 27.7 Å². The van der Waals surface area contributed by atoms with Gasteiger partial charge in [-0.1, -0.05) is 6.07 Å². The lowest BCUT2D eigenvalue weighted by molar-refractivity contribution is 0.0900. The van der Waals surface area contributed by atoms with Crippen molar-refractivity contribution in [1.29, 1.82) is 0 Å². The van der Waals surface area contributed by atoms with Gasteiger partial charge in [-0.25, -0.2) is 4.79 Å². The molecule has 3 rings (SSSR count). The Morgan fingerprint density at radius 2 is 2.35 bits per heavy atom. The molecule has 1 saturated carbocycles. The highest BCUT2D eigenvalue weighted by molar-refractivity contribution is 7.09. The molecular weight excluding hydrogens is 270 g/mol. The molecule has 5 heteroatoms. The molecule has 1 saturated heterocycles. The van der Waals surface area contributed by atoms with E-state index in [1.54, 1.807) is 19.0 Å². The van der Waals surface area contributed by atoms with Crippen molar-refractivity contribution in [3.05, 3.63) is 22.4 Å². The Balaban J connectivity index is 1.46. The number of rotatable bonds is 3. The summed E-state index contributed by atoms with van der Waals surface area (Å²) in [5.41, 5.74) is 0.474. The van der Waals surface area contributed by atoms with Gasteiger partial charge in [-0.2, -0.15) is 0 Å². The number of amides is 2. The second-order valence-electron chi connectivity index (χ2n) is 6.49. The van der Waals surface area contributed by atoms with Crippen LogP contribution in [0.1, 0.15) is 24.1 Å². The molecule has 0 radical (unpaired) electrons. The van der Waals surface area contributed by atoms with E-state index in [0.717, 1.165) is 19.4 Å². The van der Waals surface area contributed by atoms with Crippen LogP contribution >= 0.6 is 11.3 Å². The molecule has 110 valence electrons. The molecular formula is C15H23N3OS. The molecule has 0 bridgehead atoms. The van der Waals surface area contributed by atoms with Crippen LogP contribution in [0.3, 0.4) is 0 Å². The van der Waals surface area contributed by atoms with Crippen molar-refractivity contribution in [3.63, 3.8) is 0 Å². The minimum Gasteiger partial charge on any atom is -0.335 e. The van der Waals surface area contributed by atoms with Gasteiger partial charge in [0, 0.05) is 38.1 Å². The highest BCUT2D eigenvalue weighted by Crippen LogP contribution is 2.48. The molecule has 20 heavy (non-hydrogen) atoms. The number of hydrogen-bond acceptors (Lipinski definition) is 3. The summed E-state index contributed by atoms with van der Waals surface area (Å²) in [6, 6.07) is 4.77. The Morgan fingerprint density at radius 3 is 3.00 bits per heavy atom. The van der Waals surface area contributed by atoms with E-state index in [9.17, 15) is 4.79 Å². The third kappa shape index (κ3) is 2.83. The largest absolute Gasteiger partial charge is 0.335 e. The van der Waals surface area contributed by atoms with E-state index in [1.165, 1.54) is 24.4 Å². The van der Waals surface area contributed by atoms with E-state index < -0.39 is 0 Å². The van der Waals surface area contributed by atoms with Crippen molar-refractivity contribution in [2.75, 3.05) is 27.2 Å². The molecule has 1 spiro atoms. The van der Waals surface area contributed by atoms with Crippen LogP contribution in [0.25, 0.3) is 0 Å². The minimum absolute atomic E-state index is 0.0401. The molecule has 1 N–H and O–H groups in total. The molecule has 1 aromatic rings. The highest BCUT2D eigenvalue weighted by atomic mass is 32.1. The zero-order valence-corrected chi connectivity index (χ0v) is 13.1. The number of urea groups is 1. The summed E-state index contributed by atoms with van der Waals surface area (Å²) in [5.74, 6) is 0. The molecule has 0 aromatic carbocycles. The second kappa shape index (κ2) is 5.37. The number of thiophene rings is 1. The molecule has 2 amide bonds. The molecule has 1 aromatic heterocycles. The van der Waals surface area contributed by atoms with Gasteiger partial charge in [0.25, 0.3) is 0 Å². The third-order valence-corrected chi connectivity index (χ3v) is 5.43. The SMILES string of the molecule is CN(C)C(=O)NC1CC2(CCN(Cc3cccs3)C2)C1. The fourth-order valence-electron chi connectivity index (χ4n) is 3.51. The van der Waals surface area contributed by atoms with E-state index >= 15 is 0 Å². The summed E-state index contributed by atoms with van der Waals surface area (Å²) >= 11 is 1.84. The molecule has 2 aliphatic rings. The molecule has 1 aliphatic carbocycles. The first-order chi connectivity index (χ1) is 9.56. The molecule has 1 aliphatic heterocycles. The lowest BCUT2D eigenvalue weighted by Gasteiger charge is -2.45. The van der Waals surface area contributed by atoms with Crippen LogP contribution < -0.4 is 5.32 Å². The van der Waals surface area contributed by atoms with E-state index in [4.69, 9.17) is 0 Å². The van der Waals surface area contributed by atoms with Crippen LogP contribution in [0.5, 0.6) is 0 Å². The van der Waals surface area contributed by atoms with Gasteiger partial charge < -0.3 is 10.2 Å². The van der Waals surface area contributed by atoms with Crippen LogP contribution in [0.4, 0.5) is 4.79 Å². The summed E-state index contributed by atoms with van der Waals surface area (Å²) < 4.78 is 0. The second-order valence-corrected chi connectivity index (χ2v) is 7.52. The van der Waals surface area contributed by atoms with Gasteiger partial charge in [-0.3, -0.25) is 4.90 Å². The van der Waals surface area contributed by atoms with Crippen molar-refractivity contribution < 1.29 is 4.79 Å². The molecule has 2 heterocycles. The fourth-order valence-corrected chi connectivity index (χ4v) is 4.26. The Labute approximate surface area is 124 Å². The number of carbonyl (C=O) groups is 1. The maximum absolute atomic E-state index is 11.6. The van der Waals surface area contributed by atoms with Crippen molar-refractivity contribution >= 4 is 17.4 Å². The Bertz CT molecular complexity index is 465. The molecule has 0 atom stereocenters. The average molecular weight is 293 g/mol. The monoisotopic (exact) mass is 293 g/mol. The first kappa shape index (κ1) is 13.9. The van der Waals surface area contributed by atoms with Crippen LogP contribution in [0.15, 0.2) is 17.5 Å². The molecule has 0 unspecified atom stereocenters. The van der Waals surface area contributed by atoms with Crippen molar-refractivity contribution in [2.45, 2.75) is 31.8 Å². The summed E-state index contributed by atoms with van der Waals surface area (Å²) in [5, 5.41) is 5.25. The standard InChI is InChI=1S/C15H23N3OS/c1-17(2)14(19)16-12-8-15(9-12)5-6-18(11-15)10-13-4-3-7-20-13/h3-4,7,12H,5-6,8-11H2,1-2H3,(H,16,19). The Hall–Kier alpha value is -1.07. The summed E-state index contributed by atoms with van der Waals surface area (Å²) in [7, 11) is 3.59. The minimum atomic E-state index is 0.0401. The predicted molar refractivity (Wildman–Crippen MR) is 81.9 cm³/mol. The highest BCUT2D eigenvalue weighted by Gasteiger charge is 2.48. The number of nitrogens with zero attached hydrogens (tertiary/aromatic N) is 2. The summed E-state index contributed by atoms with van der Waals surface area (Å²) in [4.78, 5) is 17.3. The molecule has 2 fully saturated rings. The van der Waals surface area contributed by atoms with Gasteiger partial charge in [-0.05, 0) is 42.7 Å². The topological polar surface area (TPSA) is 35.6 Å². The number of hydrogen-bond donors (Lipinski definition) is 1. The fraction of sp³-hybridized carbons (Fsp3) is 0.667. The quantitative estimate of drug-likeness (QED) is 0.928. The number of nitrogens with one attached hydrogen (secondary N) is 1. The van der Waals surface area contributed by atoms with Gasteiger partial charge in [0.05, 0.1) is 0 Å². The maximum Gasteiger partial charge on any atom is 0.317 e. The molecule has 4 nitrogen and oxygen atoms in total. The van der Waals surface area contributed by atoms with E-state index in [-0.39, 0.29) is 6.03 Å². The van der Waals surface area contributed by atoms with Gasteiger partial charge >= 0.3 is 6.03 Å². The normalized spacial score (nSPS) is 29.4. The number of carbonyl (C=O) groups excluding carboxylic acids is 1. The zero-order valence-electron chi connectivity index (χ0n) is 12.3. The van der Waals surface area contributed by atoms with Crippen LogP contribution in [-0.2, 0) is 6.54 Å². The lowest BCUT2D eigenvalue weighted by Crippen LogP contribution is -2.53. The lowest BCUT2D eigenvalue weighted by atomic mass is 9.65. The predicted octanol–water partition coefficient (Wildman–Crippen LogP) is 2.37. The maximum atomic E-state index is 11.6. The van der Waals surface area contributed by atoms with Gasteiger partial charge in [-0.15, -0.1) is 11.3 Å². The van der Waals surface area contributed by atoms with Crippen molar-refractivity contribution in [1.82, 2.24) is 15.1 Å². The smallest absolute Gasteiger partial charge is 0.317 e. The Kier molecular flexibility index (Phi) is 3.73. The van der Waals surface area contributed by atoms with Crippen molar-refractivity contribution in [3.8, 4) is 0 Å². The van der Waals surface area contributed by atoms with E-state index in [0.29, 0.717) is 11.5 Å². The van der Waals surface area contributed by atoms with Gasteiger partial charge in [0.1, 0.15) is 0 Å². The van der Waals surface area contributed by atoms with Gasteiger partial charge in [0.15, 0.2) is 0 Å². The Morgan fingerprint density at radius 1 is 1.55 bits per heavy atom. The third-order valence-electron chi connectivity index (χ3n) is 4.57. The summed E-state index contributed by atoms with van der Waals surface area (Å²) in [6.07, 6.45) is 3.58. The van der Waals surface area contributed by atoms with Gasteiger partial charge in [0.2, 0.25) is 0 Å².